The summed E-state index contributed by atoms with van der Waals surface area (Å²) in [4.78, 5) is 40.9. The van der Waals surface area contributed by atoms with Crippen LogP contribution in [0.2, 0.25) is 0 Å². The van der Waals surface area contributed by atoms with Gasteiger partial charge in [0.2, 0.25) is 0 Å². The summed E-state index contributed by atoms with van der Waals surface area (Å²) in [5.41, 5.74) is 17.7. The van der Waals surface area contributed by atoms with Crippen molar-refractivity contribution in [3.63, 3.8) is 0 Å². The Hall–Kier alpha value is -11.4. The Morgan fingerprint density at radius 2 is 0.817 bits per heavy atom. The molecule has 14 aromatic rings. The Morgan fingerprint density at radius 1 is 0.402 bits per heavy atom. The summed E-state index contributed by atoms with van der Waals surface area (Å²) in [5, 5.41) is 0. The molecule has 7 aromatic carbocycles. The number of benzene rings is 7. The molecule has 0 atom stereocenters. The quantitative estimate of drug-likeness (QED) is 0.125. The molecule has 12 heteroatoms. The summed E-state index contributed by atoms with van der Waals surface area (Å²) < 4.78 is 6.46. The van der Waals surface area contributed by atoms with Crippen LogP contribution in [0.1, 0.15) is 22.3 Å². The molecule has 0 saturated carbocycles. The van der Waals surface area contributed by atoms with Gasteiger partial charge in [-0.15, -0.1) is 0 Å². The van der Waals surface area contributed by atoms with Gasteiger partial charge in [-0.2, -0.15) is 0 Å². The maximum atomic E-state index is 5.52. The number of hydrogen-bond acceptors (Lipinski definition) is 9. The van der Waals surface area contributed by atoms with Gasteiger partial charge in [0.25, 0.3) is 0 Å². The third-order valence-electron chi connectivity index (χ3n) is 15.1. The van der Waals surface area contributed by atoms with Crippen molar-refractivity contribution in [1.82, 2.24) is 48.6 Å². The van der Waals surface area contributed by atoms with Gasteiger partial charge < -0.3 is 4.90 Å². The highest BCUT2D eigenvalue weighted by molar-refractivity contribution is 6.04. The number of pyridine rings is 4. The molecule has 0 bridgehead atoms. The summed E-state index contributed by atoms with van der Waals surface area (Å²) in [6.45, 7) is 7.16. The van der Waals surface area contributed by atoms with Gasteiger partial charge in [0.1, 0.15) is 39.8 Å². The molecule has 8 heterocycles. The molecule has 0 unspecified atom stereocenters. The van der Waals surface area contributed by atoms with Gasteiger partial charge >= 0.3 is 0 Å². The zero-order chi connectivity index (χ0) is 54.7. The minimum atomic E-state index is 0.706. The number of nitrogens with zero attached hydrogens (tertiary/aromatic N) is 12. The molecule has 0 spiro atoms. The number of rotatable bonds is 11. The molecular formula is C70H48N12. The minimum absolute atomic E-state index is 0.706. The maximum absolute atomic E-state index is 5.52. The lowest BCUT2D eigenvalue weighted by molar-refractivity contribution is 1.07. The van der Waals surface area contributed by atoms with E-state index in [9.17, 15) is 0 Å². The molecule has 0 amide bonds. The van der Waals surface area contributed by atoms with E-state index >= 15 is 0 Å². The van der Waals surface area contributed by atoms with E-state index < -0.39 is 0 Å². The third kappa shape index (κ3) is 8.04. The van der Waals surface area contributed by atoms with E-state index in [-0.39, 0.29) is 0 Å². The second-order valence-corrected chi connectivity index (χ2v) is 20.0. The second kappa shape index (κ2) is 19.8. The molecule has 15 rings (SSSR count). The summed E-state index contributed by atoms with van der Waals surface area (Å²) >= 11 is 0. The molecule has 1 aliphatic rings. The Morgan fingerprint density at radius 3 is 1.33 bits per heavy atom. The predicted molar refractivity (Wildman–Crippen MR) is 330 cm³/mol. The fourth-order valence-corrected chi connectivity index (χ4v) is 11.4. The molecule has 0 saturated heterocycles. The molecule has 82 heavy (non-hydrogen) atoms. The van der Waals surface area contributed by atoms with Gasteiger partial charge in [-0.3, -0.25) is 18.6 Å². The number of aryl methyl sites for hydroxylation is 1. The standard InChI is InChI=1S/C70H48N12/c1-46-22-18-38-71-64(46)78(50-23-8-3-9-24-50)47(2)57-42-48(65-75-59-33-19-39-72-68(59)80(65)52-27-12-5-13-28-52)44-62-55(57)36-37-56-58(67-77-61-35-21-41-74-70(61)82(67)54-31-16-7-17-32-54)43-49(45-63(56)79(62)51-25-10-4-11-26-51)66-76-60-34-20-40-73-69(60)81(66)53-29-14-6-15-30-53/h3-45H,2H2,1H3. The van der Waals surface area contributed by atoms with Crippen molar-refractivity contribution in [2.24, 2.45) is 0 Å². The average Bonchev–Trinajstić information content (AvgIpc) is 3.16. The van der Waals surface area contributed by atoms with Crippen molar-refractivity contribution in [2.45, 2.75) is 6.92 Å². The van der Waals surface area contributed by atoms with Crippen LogP contribution in [0.15, 0.2) is 256 Å². The van der Waals surface area contributed by atoms with Crippen LogP contribution in [0.25, 0.3) is 103 Å². The van der Waals surface area contributed by atoms with Crippen molar-refractivity contribution in [3.05, 3.63) is 278 Å². The first-order valence-electron chi connectivity index (χ1n) is 27.1. The molecule has 12 nitrogen and oxygen atoms in total. The molecule has 7 aromatic heterocycles. The Kier molecular flexibility index (Phi) is 11.6. The van der Waals surface area contributed by atoms with Crippen LogP contribution in [0.3, 0.4) is 0 Å². The van der Waals surface area contributed by atoms with Gasteiger partial charge in [-0.05, 0) is 140 Å². The molecule has 0 radical (unpaired) electrons. The van der Waals surface area contributed by atoms with Gasteiger partial charge in [-0.25, -0.2) is 34.9 Å². The van der Waals surface area contributed by atoms with E-state index in [0.29, 0.717) is 23.2 Å². The minimum Gasteiger partial charge on any atom is -0.309 e. The van der Waals surface area contributed by atoms with Crippen LogP contribution in [0.5, 0.6) is 0 Å². The van der Waals surface area contributed by atoms with Crippen molar-refractivity contribution in [1.29, 1.82) is 0 Å². The van der Waals surface area contributed by atoms with Crippen LogP contribution in [-0.4, -0.2) is 48.6 Å². The third-order valence-corrected chi connectivity index (χ3v) is 15.1. The highest BCUT2D eigenvalue weighted by atomic mass is 15.2. The van der Waals surface area contributed by atoms with Crippen molar-refractivity contribution < 1.29 is 0 Å². The predicted octanol–water partition coefficient (Wildman–Crippen LogP) is 16.4. The summed E-state index contributed by atoms with van der Waals surface area (Å²) in [6, 6.07) is 76.7. The molecule has 388 valence electrons. The lowest BCUT2D eigenvalue weighted by atomic mass is 9.96. The number of fused-ring (bicyclic) bond motifs is 5. The van der Waals surface area contributed by atoms with Crippen molar-refractivity contribution >= 4 is 79.9 Å². The summed E-state index contributed by atoms with van der Waals surface area (Å²) in [6.07, 6.45) is 11.8. The van der Waals surface area contributed by atoms with E-state index in [1.807, 2.05) is 140 Å². The number of para-hydroxylation sites is 5. The lowest BCUT2D eigenvalue weighted by Gasteiger charge is -2.32. The highest BCUT2D eigenvalue weighted by Crippen LogP contribution is 2.51. The van der Waals surface area contributed by atoms with Crippen LogP contribution in [0.4, 0.5) is 28.6 Å². The van der Waals surface area contributed by atoms with E-state index in [4.69, 9.17) is 41.5 Å². The van der Waals surface area contributed by atoms with Gasteiger partial charge in [0.15, 0.2) is 16.9 Å². The van der Waals surface area contributed by atoms with E-state index in [2.05, 4.69) is 152 Å². The van der Waals surface area contributed by atoms with Gasteiger partial charge in [0, 0.05) is 92.3 Å². The van der Waals surface area contributed by atoms with E-state index in [1.54, 1.807) is 0 Å². The summed E-state index contributed by atoms with van der Waals surface area (Å²) in [5.74, 6) is 2.89. The first-order chi connectivity index (χ1) is 40.5. The number of hydrogen-bond donors (Lipinski definition) is 0. The smallest absolute Gasteiger partial charge is 0.164 e. The Bertz CT molecular complexity index is 4780. The first kappa shape index (κ1) is 47.8. The van der Waals surface area contributed by atoms with E-state index in [1.165, 1.54) is 0 Å². The van der Waals surface area contributed by atoms with Gasteiger partial charge in [-0.1, -0.05) is 116 Å². The highest BCUT2D eigenvalue weighted by Gasteiger charge is 2.32. The molecule has 0 fully saturated rings. The van der Waals surface area contributed by atoms with Crippen LogP contribution >= 0.6 is 0 Å². The topological polar surface area (TPSA) is 111 Å². The fourth-order valence-electron chi connectivity index (χ4n) is 11.4. The maximum Gasteiger partial charge on any atom is 0.164 e. The fraction of sp³-hybridized carbons (Fsp3) is 0.0143. The lowest BCUT2D eigenvalue weighted by Crippen LogP contribution is -2.19. The van der Waals surface area contributed by atoms with Crippen LogP contribution < -0.4 is 9.80 Å². The van der Waals surface area contributed by atoms with Crippen LogP contribution in [-0.2, 0) is 0 Å². The SMILES string of the molecule is C=C(c1cc(-c2nc3cccnc3n2-c2ccccc2)cc2c1C=Cc1c(-c3nc4cccnc4n3-c3ccccc3)cc(-c3nc4cccnc4n3-c3ccccc3)cc1N2c1ccccc1)N(c1ccccc1)c1ncccc1C. The second-order valence-electron chi connectivity index (χ2n) is 20.0. The number of aromatic nitrogens is 10. The average molecular weight is 1060 g/mol. The molecule has 0 aliphatic carbocycles. The normalized spacial score (nSPS) is 11.9. The first-order valence-corrected chi connectivity index (χ1v) is 27.1. The van der Waals surface area contributed by atoms with Crippen molar-refractivity contribution in [2.75, 3.05) is 9.80 Å². The zero-order valence-corrected chi connectivity index (χ0v) is 44.4. The number of anilines is 5. The van der Waals surface area contributed by atoms with Crippen LogP contribution in [0, 0.1) is 6.92 Å². The molecular weight excluding hydrogens is 1010 g/mol. The Labute approximate surface area is 472 Å². The van der Waals surface area contributed by atoms with E-state index in [0.717, 1.165) is 118 Å². The zero-order valence-electron chi connectivity index (χ0n) is 44.4. The molecule has 0 N–H and O–H groups in total. The summed E-state index contributed by atoms with van der Waals surface area (Å²) in [7, 11) is 0. The Balaban J connectivity index is 1.08. The number of imidazole rings is 3. The van der Waals surface area contributed by atoms with Gasteiger partial charge in [0.05, 0.1) is 11.4 Å². The largest absolute Gasteiger partial charge is 0.309 e. The van der Waals surface area contributed by atoms with Crippen molar-refractivity contribution in [3.8, 4) is 51.2 Å². The molecule has 1 aliphatic heterocycles. The monoisotopic (exact) mass is 1060 g/mol.